The average molecular weight is 603 g/mol. The number of hydrogen-bond donors (Lipinski definition) is 2. The summed E-state index contributed by atoms with van der Waals surface area (Å²) in [6, 6.07) is 8.40. The van der Waals surface area contributed by atoms with Crippen molar-refractivity contribution in [1.82, 2.24) is 20.1 Å². The molecule has 0 bridgehead atoms. The lowest BCUT2D eigenvalue weighted by atomic mass is 9.81. The van der Waals surface area contributed by atoms with Gasteiger partial charge in [0.15, 0.2) is 22.9 Å². The number of nitrogens with one attached hydrogen (secondary N) is 1. The van der Waals surface area contributed by atoms with E-state index >= 15 is 0 Å². The third-order valence-electron chi connectivity index (χ3n) is 7.19. The molecule has 5 rings (SSSR count). The number of primary amides is 1. The Balaban J connectivity index is 1.54. The molecule has 0 saturated carbocycles. The molecule has 0 saturated heterocycles. The van der Waals surface area contributed by atoms with E-state index in [4.69, 9.17) is 15.0 Å². The minimum absolute atomic E-state index is 0.0394. The van der Waals surface area contributed by atoms with Crippen LogP contribution in [0.1, 0.15) is 49.9 Å². The third-order valence-corrected chi connectivity index (χ3v) is 7.19. The van der Waals surface area contributed by atoms with Crippen LogP contribution in [0.3, 0.4) is 0 Å². The van der Waals surface area contributed by atoms with Crippen LogP contribution in [-0.4, -0.2) is 38.9 Å². The van der Waals surface area contributed by atoms with Crippen molar-refractivity contribution in [2.24, 2.45) is 16.8 Å². The van der Waals surface area contributed by atoms with Gasteiger partial charge in [-0.1, -0.05) is 32.0 Å². The van der Waals surface area contributed by atoms with Crippen molar-refractivity contribution >= 4 is 12.1 Å². The number of nitrogens with zero attached hydrogens (tertiary/aromatic N) is 4. The number of hydrazone groups is 1. The molecule has 0 spiro atoms. The van der Waals surface area contributed by atoms with E-state index in [1.807, 2.05) is 6.92 Å². The molecule has 1 aliphatic heterocycles. The Bertz CT molecular complexity index is 1700. The summed E-state index contributed by atoms with van der Waals surface area (Å²) < 4.78 is 81.4. The number of carbonyl (C=O) groups is 1. The zero-order valence-corrected chi connectivity index (χ0v) is 23.3. The number of H-pyrrole nitrogens is 1. The number of fused-ring (bicyclic) bond motifs is 1. The van der Waals surface area contributed by atoms with E-state index in [0.29, 0.717) is 17.8 Å². The number of aromatic nitrogens is 3. The summed E-state index contributed by atoms with van der Waals surface area (Å²) in [6.07, 6.45) is -2.82. The largest absolute Gasteiger partial charge is 0.494 e. The van der Waals surface area contributed by atoms with Gasteiger partial charge < -0.3 is 20.0 Å². The van der Waals surface area contributed by atoms with Crippen molar-refractivity contribution in [2.75, 3.05) is 6.61 Å². The highest BCUT2D eigenvalue weighted by atomic mass is 19.4. The summed E-state index contributed by atoms with van der Waals surface area (Å²) in [5.41, 5.74) is 3.29. The highest BCUT2D eigenvalue weighted by Crippen LogP contribution is 2.43. The molecule has 9 nitrogen and oxygen atoms in total. The molecule has 3 N–H and O–H groups in total. The number of amides is 1. The minimum atomic E-state index is -4.74. The Labute approximate surface area is 242 Å². The topological polar surface area (TPSA) is 123 Å². The zero-order chi connectivity index (χ0) is 31.1. The van der Waals surface area contributed by atoms with Gasteiger partial charge in [0.25, 0.3) is 5.91 Å². The van der Waals surface area contributed by atoms with Crippen molar-refractivity contribution in [3.63, 3.8) is 0 Å². The molecule has 2 aromatic carbocycles. The molecule has 1 aliphatic rings. The number of nitrogens with two attached hydrogens (primary N) is 1. The van der Waals surface area contributed by atoms with Crippen molar-refractivity contribution in [3.05, 3.63) is 76.8 Å². The maximum absolute atomic E-state index is 14.4. The number of rotatable bonds is 9. The van der Waals surface area contributed by atoms with Crippen LogP contribution in [0, 0.1) is 17.6 Å². The van der Waals surface area contributed by atoms with Crippen LogP contribution in [0.15, 0.2) is 52.1 Å². The maximum atomic E-state index is 14.4. The summed E-state index contributed by atoms with van der Waals surface area (Å²) in [4.78, 5) is 20.4. The second-order valence-corrected chi connectivity index (χ2v) is 10.3. The fourth-order valence-corrected chi connectivity index (χ4v) is 5.11. The summed E-state index contributed by atoms with van der Waals surface area (Å²) in [5.74, 6) is -3.72. The van der Waals surface area contributed by atoms with E-state index in [9.17, 15) is 26.7 Å². The Morgan fingerprint density at radius 3 is 2.60 bits per heavy atom. The van der Waals surface area contributed by atoms with Crippen molar-refractivity contribution < 1.29 is 36.0 Å². The first kappa shape index (κ1) is 29.7. The highest BCUT2D eigenvalue weighted by molar-refractivity contribution is 5.87. The number of imidazole rings is 1. The molecule has 1 amide bonds. The van der Waals surface area contributed by atoms with Crippen LogP contribution in [-0.2, 0) is 23.1 Å². The van der Waals surface area contributed by atoms with Gasteiger partial charge in [-0.2, -0.15) is 18.3 Å². The summed E-state index contributed by atoms with van der Waals surface area (Å²) in [6.45, 7) is 5.30. The van der Waals surface area contributed by atoms with Crippen molar-refractivity contribution in [1.29, 1.82) is 0 Å². The van der Waals surface area contributed by atoms with E-state index in [-0.39, 0.29) is 47.3 Å². The summed E-state index contributed by atoms with van der Waals surface area (Å²) in [5, 5.41) is 9.55. The number of hydrogen-bond acceptors (Lipinski definition) is 7. The molecule has 2 aromatic heterocycles. The summed E-state index contributed by atoms with van der Waals surface area (Å²) >= 11 is 0. The molecule has 4 aromatic rings. The first-order valence-electron chi connectivity index (χ1n) is 13.3. The predicted molar refractivity (Wildman–Crippen MR) is 146 cm³/mol. The Hall–Kier alpha value is -4.75. The molecular weight excluding hydrogens is 575 g/mol. The maximum Gasteiger partial charge on any atom is 0.417 e. The van der Waals surface area contributed by atoms with Crippen LogP contribution in [0.5, 0.6) is 5.75 Å². The molecular formula is C29H27F5N6O3. The lowest BCUT2D eigenvalue weighted by molar-refractivity contribution is -0.138. The van der Waals surface area contributed by atoms with Gasteiger partial charge in [-0.15, -0.1) is 0 Å². The second-order valence-electron chi connectivity index (χ2n) is 10.3. The normalized spacial score (nSPS) is 14.6. The molecule has 3 heterocycles. The smallest absolute Gasteiger partial charge is 0.417 e. The van der Waals surface area contributed by atoms with Crippen LogP contribution in [0.4, 0.5) is 22.0 Å². The van der Waals surface area contributed by atoms with Crippen LogP contribution in [0.25, 0.3) is 22.6 Å². The van der Waals surface area contributed by atoms with E-state index in [0.717, 1.165) is 12.1 Å². The first-order chi connectivity index (χ1) is 20.4. The monoisotopic (exact) mass is 602 g/mol. The zero-order valence-electron chi connectivity index (χ0n) is 23.3. The SMILES string of the molecule is CCCOc1ccc(-c2cc(C(C(N)=O)(C(C)C)N3Cc4[nH]c(-c5cccc(F)c5F)nc4C=N3)on2)c(C(F)(F)F)c1. The number of aromatic amines is 1. The average Bonchev–Trinajstić information content (AvgIpc) is 3.60. The summed E-state index contributed by atoms with van der Waals surface area (Å²) in [7, 11) is 0. The van der Waals surface area contributed by atoms with Gasteiger partial charge >= 0.3 is 6.18 Å². The fourth-order valence-electron chi connectivity index (χ4n) is 5.11. The van der Waals surface area contributed by atoms with Crippen LogP contribution >= 0.6 is 0 Å². The van der Waals surface area contributed by atoms with Crippen molar-refractivity contribution in [2.45, 2.75) is 45.5 Å². The quantitative estimate of drug-likeness (QED) is 0.227. The predicted octanol–water partition coefficient (Wildman–Crippen LogP) is 6.00. The highest BCUT2D eigenvalue weighted by Gasteiger charge is 2.52. The van der Waals surface area contributed by atoms with E-state index < -0.39 is 40.7 Å². The third kappa shape index (κ3) is 5.21. The van der Waals surface area contributed by atoms with Gasteiger partial charge in [0.05, 0.1) is 36.2 Å². The molecule has 14 heteroatoms. The number of benzene rings is 2. The van der Waals surface area contributed by atoms with E-state index in [1.165, 1.54) is 41.6 Å². The molecule has 226 valence electrons. The second kappa shape index (κ2) is 11.2. The Kier molecular flexibility index (Phi) is 7.71. The lowest BCUT2D eigenvalue weighted by Gasteiger charge is -2.41. The van der Waals surface area contributed by atoms with Crippen LogP contribution < -0.4 is 10.5 Å². The number of carbonyl (C=O) groups excluding carboxylic acids is 1. The van der Waals surface area contributed by atoms with E-state index in [1.54, 1.807) is 13.8 Å². The number of ether oxygens (including phenoxy) is 1. The minimum Gasteiger partial charge on any atom is -0.494 e. The standard InChI is InChI=1S/C29H27F5N6O3/c1-4-10-42-16-8-9-17(19(11-16)29(32,33)34)21-12-24(43-39-21)28(15(2)3,27(35)41)40-14-23-22(13-36-40)37-26(38-23)18-6-5-7-20(30)25(18)31/h5-9,11-13,15H,4,10,14H2,1-3H3,(H2,35,41)(H,37,38). The Morgan fingerprint density at radius 2 is 1.93 bits per heavy atom. The van der Waals surface area contributed by atoms with E-state index in [2.05, 4.69) is 20.2 Å². The molecule has 0 fully saturated rings. The molecule has 43 heavy (non-hydrogen) atoms. The first-order valence-corrected chi connectivity index (χ1v) is 13.3. The van der Waals surface area contributed by atoms with Gasteiger partial charge in [-0.3, -0.25) is 9.80 Å². The molecule has 0 radical (unpaired) electrons. The molecule has 0 aliphatic carbocycles. The van der Waals surface area contributed by atoms with Gasteiger partial charge in [-0.05, 0) is 42.7 Å². The fraction of sp³-hybridized carbons (Fsp3) is 0.310. The van der Waals surface area contributed by atoms with Gasteiger partial charge in [0.1, 0.15) is 23.0 Å². The number of alkyl halides is 3. The lowest BCUT2D eigenvalue weighted by Crippen LogP contribution is -2.56. The van der Waals surface area contributed by atoms with Gasteiger partial charge in [0, 0.05) is 11.6 Å². The van der Waals surface area contributed by atoms with Gasteiger partial charge in [0.2, 0.25) is 0 Å². The van der Waals surface area contributed by atoms with Crippen LogP contribution in [0.2, 0.25) is 0 Å². The molecule has 1 unspecified atom stereocenters. The molecule has 1 atom stereocenters. The Morgan fingerprint density at radius 1 is 1.16 bits per heavy atom. The van der Waals surface area contributed by atoms with Gasteiger partial charge in [-0.25, -0.2) is 13.8 Å². The van der Waals surface area contributed by atoms with Crippen molar-refractivity contribution in [3.8, 4) is 28.4 Å². The number of halogens is 5.